The largest absolute Gasteiger partial charge is 0.459 e. The third kappa shape index (κ3) is 4.31. The van der Waals surface area contributed by atoms with Crippen LogP contribution in [0, 0.1) is 11.8 Å². The van der Waals surface area contributed by atoms with E-state index in [0.29, 0.717) is 6.54 Å². The Balaban J connectivity index is 1.79. The molecule has 0 saturated heterocycles. The van der Waals surface area contributed by atoms with Gasteiger partial charge in [-0.05, 0) is 37.8 Å². The summed E-state index contributed by atoms with van der Waals surface area (Å²) in [6.45, 7) is 2.39. The van der Waals surface area contributed by atoms with Crippen molar-refractivity contribution in [3.8, 4) is 0 Å². The molecule has 1 aromatic rings. The Morgan fingerprint density at radius 3 is 2.73 bits per heavy atom. The summed E-state index contributed by atoms with van der Waals surface area (Å²) in [5.74, 6) is -0.349. The number of carbonyl (C=O) groups excluding carboxylic acids is 2. The minimum atomic E-state index is -0.643. The quantitative estimate of drug-likeness (QED) is 0.782. The summed E-state index contributed by atoms with van der Waals surface area (Å²) in [5.41, 5.74) is 6.62. The van der Waals surface area contributed by atoms with Crippen LogP contribution in [0.2, 0.25) is 0 Å². The molecule has 0 radical (unpaired) electrons. The maximum absolute atomic E-state index is 12.2. The molecular formula is C17H24N2O3. The average Bonchev–Trinajstić information content (AvgIpc) is 3.02. The minimum absolute atomic E-state index is 0.0747. The molecule has 0 heterocycles. The molecule has 2 rings (SSSR count). The van der Waals surface area contributed by atoms with E-state index in [1.165, 1.54) is 0 Å². The summed E-state index contributed by atoms with van der Waals surface area (Å²) in [6.07, 6.45) is 2.85. The van der Waals surface area contributed by atoms with Crippen LogP contribution in [0.4, 0.5) is 0 Å². The SMILES string of the molecule is CC(NC(=O)C1CCCC1CN)C(=O)OCc1ccccc1. The van der Waals surface area contributed by atoms with Gasteiger partial charge in [0.1, 0.15) is 12.6 Å². The second-order valence-corrected chi connectivity index (χ2v) is 5.86. The molecule has 22 heavy (non-hydrogen) atoms. The first kappa shape index (κ1) is 16.5. The molecule has 3 atom stereocenters. The van der Waals surface area contributed by atoms with Gasteiger partial charge in [0.2, 0.25) is 5.91 Å². The number of hydrogen-bond donors (Lipinski definition) is 2. The van der Waals surface area contributed by atoms with Crippen LogP contribution in [-0.2, 0) is 20.9 Å². The Labute approximate surface area is 131 Å². The third-order valence-electron chi connectivity index (χ3n) is 4.23. The van der Waals surface area contributed by atoms with Crippen molar-refractivity contribution in [2.45, 2.75) is 38.8 Å². The van der Waals surface area contributed by atoms with E-state index >= 15 is 0 Å². The van der Waals surface area contributed by atoms with Crippen LogP contribution >= 0.6 is 0 Å². The second-order valence-electron chi connectivity index (χ2n) is 5.86. The lowest BCUT2D eigenvalue weighted by atomic mass is 9.95. The van der Waals surface area contributed by atoms with Gasteiger partial charge in [0, 0.05) is 5.92 Å². The molecule has 1 amide bonds. The number of hydrogen-bond acceptors (Lipinski definition) is 4. The standard InChI is InChI=1S/C17H24N2O3/c1-12(17(21)22-11-13-6-3-2-4-7-13)19-16(20)15-9-5-8-14(15)10-18/h2-4,6-7,12,14-15H,5,8-11,18H2,1H3,(H,19,20). The molecule has 0 bridgehead atoms. The number of ether oxygens (including phenoxy) is 1. The van der Waals surface area contributed by atoms with Crippen LogP contribution in [0.3, 0.4) is 0 Å². The lowest BCUT2D eigenvalue weighted by molar-refractivity contribution is -0.149. The number of nitrogens with two attached hydrogens (primary N) is 1. The minimum Gasteiger partial charge on any atom is -0.459 e. The van der Waals surface area contributed by atoms with Crippen LogP contribution < -0.4 is 11.1 Å². The van der Waals surface area contributed by atoms with E-state index in [1.807, 2.05) is 30.3 Å². The first-order valence-corrected chi connectivity index (χ1v) is 7.82. The van der Waals surface area contributed by atoms with Gasteiger partial charge in [0.05, 0.1) is 0 Å². The number of rotatable bonds is 6. The van der Waals surface area contributed by atoms with Gasteiger partial charge >= 0.3 is 5.97 Å². The van der Waals surface area contributed by atoms with Crippen molar-refractivity contribution in [3.63, 3.8) is 0 Å². The summed E-state index contributed by atoms with van der Waals surface area (Å²) < 4.78 is 5.23. The van der Waals surface area contributed by atoms with Gasteiger partial charge in [-0.2, -0.15) is 0 Å². The van der Waals surface area contributed by atoms with Gasteiger partial charge in [0.15, 0.2) is 0 Å². The summed E-state index contributed by atoms with van der Waals surface area (Å²) >= 11 is 0. The molecule has 5 nitrogen and oxygen atoms in total. The molecule has 1 aliphatic carbocycles. The molecule has 0 aromatic heterocycles. The Morgan fingerprint density at radius 1 is 1.32 bits per heavy atom. The molecule has 3 unspecified atom stereocenters. The summed E-state index contributed by atoms with van der Waals surface area (Å²) in [4.78, 5) is 24.2. The molecule has 5 heteroatoms. The first-order chi connectivity index (χ1) is 10.6. The van der Waals surface area contributed by atoms with Gasteiger partial charge in [-0.25, -0.2) is 4.79 Å². The normalized spacial score (nSPS) is 22.1. The molecule has 120 valence electrons. The van der Waals surface area contributed by atoms with E-state index in [2.05, 4.69) is 5.32 Å². The maximum atomic E-state index is 12.2. The maximum Gasteiger partial charge on any atom is 0.328 e. The molecular weight excluding hydrogens is 280 g/mol. The molecule has 1 fully saturated rings. The van der Waals surface area contributed by atoms with Gasteiger partial charge in [-0.1, -0.05) is 36.8 Å². The summed E-state index contributed by atoms with van der Waals surface area (Å²) in [7, 11) is 0. The molecule has 1 aromatic carbocycles. The van der Waals surface area contributed by atoms with Crippen molar-refractivity contribution in [2.75, 3.05) is 6.54 Å². The highest BCUT2D eigenvalue weighted by atomic mass is 16.5. The highest BCUT2D eigenvalue weighted by Crippen LogP contribution is 2.31. The van der Waals surface area contributed by atoms with Gasteiger partial charge < -0.3 is 15.8 Å². The van der Waals surface area contributed by atoms with Crippen molar-refractivity contribution in [2.24, 2.45) is 17.6 Å². The fraction of sp³-hybridized carbons (Fsp3) is 0.529. The van der Waals surface area contributed by atoms with Crippen molar-refractivity contribution >= 4 is 11.9 Å². The number of nitrogens with one attached hydrogen (secondary N) is 1. The Hall–Kier alpha value is -1.88. The Bertz CT molecular complexity index is 504. The number of amides is 1. The van der Waals surface area contributed by atoms with Crippen molar-refractivity contribution in [3.05, 3.63) is 35.9 Å². The van der Waals surface area contributed by atoms with E-state index in [4.69, 9.17) is 10.5 Å². The lowest BCUT2D eigenvalue weighted by Crippen LogP contribution is -2.44. The highest BCUT2D eigenvalue weighted by Gasteiger charge is 2.33. The zero-order valence-electron chi connectivity index (χ0n) is 13.0. The third-order valence-corrected chi connectivity index (χ3v) is 4.23. The first-order valence-electron chi connectivity index (χ1n) is 7.82. The van der Waals surface area contributed by atoms with Crippen LogP contribution in [0.15, 0.2) is 30.3 Å². The predicted molar refractivity (Wildman–Crippen MR) is 83.7 cm³/mol. The fourth-order valence-electron chi connectivity index (χ4n) is 2.90. The smallest absolute Gasteiger partial charge is 0.328 e. The van der Waals surface area contributed by atoms with Gasteiger partial charge in [-0.3, -0.25) is 4.79 Å². The van der Waals surface area contributed by atoms with Crippen molar-refractivity contribution < 1.29 is 14.3 Å². The zero-order chi connectivity index (χ0) is 15.9. The Morgan fingerprint density at radius 2 is 2.05 bits per heavy atom. The monoisotopic (exact) mass is 304 g/mol. The van der Waals surface area contributed by atoms with Crippen LogP contribution in [0.1, 0.15) is 31.7 Å². The predicted octanol–water partition coefficient (Wildman–Crippen LogP) is 1.61. The van der Waals surface area contributed by atoms with E-state index in [0.717, 1.165) is 24.8 Å². The Kier molecular flexibility index (Phi) is 5.95. The van der Waals surface area contributed by atoms with E-state index in [1.54, 1.807) is 6.92 Å². The topological polar surface area (TPSA) is 81.4 Å². The van der Waals surface area contributed by atoms with E-state index in [-0.39, 0.29) is 24.3 Å². The molecule has 3 N–H and O–H groups in total. The number of carbonyl (C=O) groups is 2. The second kappa shape index (κ2) is 7.94. The molecule has 1 saturated carbocycles. The van der Waals surface area contributed by atoms with Crippen LogP contribution in [-0.4, -0.2) is 24.5 Å². The fourth-order valence-corrected chi connectivity index (χ4v) is 2.90. The van der Waals surface area contributed by atoms with Crippen LogP contribution in [0.5, 0.6) is 0 Å². The van der Waals surface area contributed by atoms with E-state index < -0.39 is 12.0 Å². The lowest BCUT2D eigenvalue weighted by Gasteiger charge is -2.20. The summed E-state index contributed by atoms with van der Waals surface area (Å²) in [6, 6.07) is 8.82. The van der Waals surface area contributed by atoms with Crippen LogP contribution in [0.25, 0.3) is 0 Å². The van der Waals surface area contributed by atoms with Crippen molar-refractivity contribution in [1.82, 2.24) is 5.32 Å². The van der Waals surface area contributed by atoms with Gasteiger partial charge in [-0.15, -0.1) is 0 Å². The van der Waals surface area contributed by atoms with Crippen molar-refractivity contribution in [1.29, 1.82) is 0 Å². The van der Waals surface area contributed by atoms with Gasteiger partial charge in [0.25, 0.3) is 0 Å². The average molecular weight is 304 g/mol. The zero-order valence-corrected chi connectivity index (χ0v) is 13.0. The number of esters is 1. The number of benzene rings is 1. The highest BCUT2D eigenvalue weighted by molar-refractivity contribution is 5.85. The molecule has 0 aliphatic heterocycles. The molecule has 1 aliphatic rings. The van der Waals surface area contributed by atoms with E-state index in [9.17, 15) is 9.59 Å². The molecule has 0 spiro atoms. The summed E-state index contributed by atoms with van der Waals surface area (Å²) in [5, 5.41) is 2.75.